The zero-order valence-electron chi connectivity index (χ0n) is 17.6. The summed E-state index contributed by atoms with van der Waals surface area (Å²) in [6.07, 6.45) is 1.36. The SMILES string of the molecule is CC(C)(C)N1CCC(C(C)(C)C(C)(C)C2CN(C(C)(C)C)C2)C1. The molecular weight excluding hydrogens is 280 g/mol. The molecule has 0 N–H and O–H groups in total. The van der Waals surface area contributed by atoms with Crippen LogP contribution in [0.15, 0.2) is 0 Å². The summed E-state index contributed by atoms with van der Waals surface area (Å²) in [7, 11) is 0. The fourth-order valence-electron chi connectivity index (χ4n) is 4.49. The van der Waals surface area contributed by atoms with Crippen molar-refractivity contribution in [3.63, 3.8) is 0 Å². The topological polar surface area (TPSA) is 6.48 Å². The van der Waals surface area contributed by atoms with E-state index in [1.807, 2.05) is 0 Å². The first-order chi connectivity index (χ1) is 10.2. The molecular formula is C21H42N2. The fourth-order valence-corrected chi connectivity index (χ4v) is 4.49. The maximum Gasteiger partial charge on any atom is 0.0125 e. The lowest BCUT2D eigenvalue weighted by molar-refractivity contribution is -0.103. The van der Waals surface area contributed by atoms with Crippen molar-refractivity contribution in [2.24, 2.45) is 22.7 Å². The summed E-state index contributed by atoms with van der Waals surface area (Å²) >= 11 is 0. The van der Waals surface area contributed by atoms with Crippen LogP contribution < -0.4 is 0 Å². The van der Waals surface area contributed by atoms with Crippen LogP contribution in [-0.2, 0) is 0 Å². The van der Waals surface area contributed by atoms with Crippen molar-refractivity contribution in [1.29, 1.82) is 0 Å². The van der Waals surface area contributed by atoms with Crippen molar-refractivity contribution in [3.8, 4) is 0 Å². The highest BCUT2D eigenvalue weighted by Crippen LogP contribution is 2.54. The summed E-state index contributed by atoms with van der Waals surface area (Å²) < 4.78 is 0. The van der Waals surface area contributed by atoms with Crippen LogP contribution >= 0.6 is 0 Å². The van der Waals surface area contributed by atoms with Crippen LogP contribution in [0.4, 0.5) is 0 Å². The number of nitrogens with zero attached hydrogens (tertiary/aromatic N) is 2. The highest BCUT2D eigenvalue weighted by molar-refractivity contribution is 5.04. The van der Waals surface area contributed by atoms with Crippen molar-refractivity contribution >= 4 is 0 Å². The minimum absolute atomic E-state index is 0.314. The van der Waals surface area contributed by atoms with Crippen molar-refractivity contribution in [3.05, 3.63) is 0 Å². The van der Waals surface area contributed by atoms with Crippen LogP contribution in [0.3, 0.4) is 0 Å². The maximum absolute atomic E-state index is 2.69. The Morgan fingerprint density at radius 1 is 0.565 bits per heavy atom. The van der Waals surface area contributed by atoms with Gasteiger partial charge in [-0.1, -0.05) is 27.7 Å². The molecule has 2 heteroatoms. The number of hydrogen-bond acceptors (Lipinski definition) is 2. The Labute approximate surface area is 146 Å². The van der Waals surface area contributed by atoms with E-state index < -0.39 is 0 Å². The minimum Gasteiger partial charge on any atom is -0.298 e. The summed E-state index contributed by atoms with van der Waals surface area (Å²) in [6.45, 7) is 29.4. The van der Waals surface area contributed by atoms with Gasteiger partial charge < -0.3 is 0 Å². The van der Waals surface area contributed by atoms with Crippen molar-refractivity contribution in [2.75, 3.05) is 26.2 Å². The second-order valence-electron chi connectivity index (χ2n) is 11.3. The Balaban J connectivity index is 2.04. The van der Waals surface area contributed by atoms with Gasteiger partial charge in [0.25, 0.3) is 0 Å². The lowest BCUT2D eigenvalue weighted by Gasteiger charge is -2.59. The van der Waals surface area contributed by atoms with Gasteiger partial charge in [-0.05, 0) is 77.2 Å². The van der Waals surface area contributed by atoms with Crippen LogP contribution in [-0.4, -0.2) is 47.1 Å². The van der Waals surface area contributed by atoms with Gasteiger partial charge in [-0.25, -0.2) is 0 Å². The van der Waals surface area contributed by atoms with E-state index in [9.17, 15) is 0 Å². The molecule has 0 spiro atoms. The minimum atomic E-state index is 0.314. The lowest BCUT2D eigenvalue weighted by atomic mass is 9.54. The molecule has 2 aliphatic rings. The third kappa shape index (κ3) is 3.49. The molecule has 2 rings (SSSR count). The summed E-state index contributed by atoms with van der Waals surface area (Å²) in [5, 5.41) is 0. The van der Waals surface area contributed by atoms with E-state index >= 15 is 0 Å². The Bertz CT molecular complexity index is 416. The zero-order chi connectivity index (χ0) is 17.8. The van der Waals surface area contributed by atoms with E-state index in [-0.39, 0.29) is 0 Å². The van der Waals surface area contributed by atoms with Crippen molar-refractivity contribution < 1.29 is 0 Å². The average molecular weight is 323 g/mol. The predicted octanol–water partition coefficient (Wildman–Crippen LogP) is 4.89. The lowest BCUT2D eigenvalue weighted by Crippen LogP contribution is -2.62. The summed E-state index contributed by atoms with van der Waals surface area (Å²) in [5.41, 5.74) is 1.43. The van der Waals surface area contributed by atoms with E-state index in [1.165, 1.54) is 32.6 Å². The Kier molecular flexibility index (Phi) is 4.79. The molecule has 1 atom stereocenters. The number of hydrogen-bond donors (Lipinski definition) is 0. The monoisotopic (exact) mass is 322 g/mol. The molecule has 0 aliphatic carbocycles. The van der Waals surface area contributed by atoms with E-state index in [2.05, 4.69) is 79.0 Å². The van der Waals surface area contributed by atoms with Crippen LogP contribution in [0.5, 0.6) is 0 Å². The first kappa shape index (κ1) is 19.2. The zero-order valence-corrected chi connectivity index (χ0v) is 17.6. The highest BCUT2D eigenvalue weighted by atomic mass is 15.2. The molecule has 2 aliphatic heterocycles. The normalized spacial score (nSPS) is 26.6. The molecule has 136 valence electrons. The molecule has 0 saturated carbocycles. The molecule has 2 saturated heterocycles. The van der Waals surface area contributed by atoms with Gasteiger partial charge in [-0.3, -0.25) is 9.80 Å². The van der Waals surface area contributed by atoms with Gasteiger partial charge >= 0.3 is 0 Å². The third-order valence-electron chi connectivity index (χ3n) is 7.67. The molecule has 2 nitrogen and oxygen atoms in total. The molecule has 2 heterocycles. The van der Waals surface area contributed by atoms with E-state index in [0.29, 0.717) is 21.9 Å². The van der Waals surface area contributed by atoms with E-state index in [4.69, 9.17) is 0 Å². The average Bonchev–Trinajstić information content (AvgIpc) is 2.72. The molecule has 2 fully saturated rings. The maximum atomic E-state index is 2.69. The quantitative estimate of drug-likeness (QED) is 0.730. The van der Waals surface area contributed by atoms with Crippen molar-refractivity contribution in [1.82, 2.24) is 9.80 Å². The van der Waals surface area contributed by atoms with Crippen LogP contribution in [0.2, 0.25) is 0 Å². The molecule has 0 amide bonds. The van der Waals surface area contributed by atoms with Crippen LogP contribution in [0.25, 0.3) is 0 Å². The molecule has 23 heavy (non-hydrogen) atoms. The fraction of sp³-hybridized carbons (Fsp3) is 1.00. The first-order valence-corrected chi connectivity index (χ1v) is 9.67. The van der Waals surface area contributed by atoms with Crippen LogP contribution in [0, 0.1) is 22.7 Å². The second kappa shape index (κ2) is 5.73. The summed E-state index contributed by atoms with van der Waals surface area (Å²) in [6, 6.07) is 0. The smallest absolute Gasteiger partial charge is 0.0125 e. The number of rotatable bonds is 3. The van der Waals surface area contributed by atoms with Gasteiger partial charge in [0.05, 0.1) is 0 Å². The first-order valence-electron chi connectivity index (χ1n) is 9.67. The van der Waals surface area contributed by atoms with Gasteiger partial charge in [-0.2, -0.15) is 0 Å². The molecule has 0 radical (unpaired) electrons. The van der Waals surface area contributed by atoms with Gasteiger partial charge in [0.1, 0.15) is 0 Å². The Morgan fingerprint density at radius 2 is 0.957 bits per heavy atom. The molecule has 0 aromatic carbocycles. The van der Waals surface area contributed by atoms with E-state index in [1.54, 1.807) is 0 Å². The second-order valence-corrected chi connectivity index (χ2v) is 11.3. The van der Waals surface area contributed by atoms with Crippen molar-refractivity contribution in [2.45, 2.75) is 86.7 Å². The molecule has 0 bridgehead atoms. The standard InChI is InChI=1S/C21H42N2/c1-18(2,3)22-12-11-16(13-22)20(7,8)21(9,10)17-14-23(15-17)19(4,5)6/h16-17H,11-15H2,1-10H3. The Morgan fingerprint density at radius 3 is 1.35 bits per heavy atom. The molecule has 0 aromatic heterocycles. The largest absolute Gasteiger partial charge is 0.298 e. The number of likely N-dealkylation sites (tertiary alicyclic amines) is 2. The highest BCUT2D eigenvalue weighted by Gasteiger charge is 2.53. The van der Waals surface area contributed by atoms with Crippen LogP contribution in [0.1, 0.15) is 75.7 Å². The Hall–Kier alpha value is -0.0800. The van der Waals surface area contributed by atoms with Gasteiger partial charge in [-0.15, -0.1) is 0 Å². The summed E-state index contributed by atoms with van der Waals surface area (Å²) in [5.74, 6) is 1.65. The third-order valence-corrected chi connectivity index (χ3v) is 7.67. The van der Waals surface area contributed by atoms with Gasteiger partial charge in [0.2, 0.25) is 0 Å². The predicted molar refractivity (Wildman–Crippen MR) is 102 cm³/mol. The summed E-state index contributed by atoms with van der Waals surface area (Å²) in [4.78, 5) is 5.34. The molecule has 0 aromatic rings. The van der Waals surface area contributed by atoms with E-state index in [0.717, 1.165) is 11.8 Å². The molecule has 1 unspecified atom stereocenters. The van der Waals surface area contributed by atoms with Gasteiger partial charge in [0, 0.05) is 30.7 Å². The van der Waals surface area contributed by atoms with Gasteiger partial charge in [0.15, 0.2) is 0 Å².